The molecule has 1 aliphatic rings. The van der Waals surface area contributed by atoms with E-state index in [0.717, 1.165) is 0 Å². The zero-order valence-electron chi connectivity index (χ0n) is 13.8. The fraction of sp³-hybridized carbons (Fsp3) is 0.500. The highest BCUT2D eigenvalue weighted by Crippen LogP contribution is 2.16. The minimum Gasteiger partial charge on any atom is -0.462 e. The van der Waals surface area contributed by atoms with Gasteiger partial charge in [-0.2, -0.15) is 0 Å². The molecule has 1 fully saturated rings. The topological polar surface area (TPSA) is 92.8 Å². The molecule has 8 heteroatoms. The van der Waals surface area contributed by atoms with Crippen molar-refractivity contribution in [1.29, 1.82) is 0 Å². The molecule has 1 N–H and O–H groups in total. The van der Waals surface area contributed by atoms with E-state index in [1.54, 1.807) is 11.8 Å². The van der Waals surface area contributed by atoms with Crippen molar-refractivity contribution < 1.29 is 22.7 Å². The number of hydrogen-bond acceptors (Lipinski definition) is 5. The second-order valence-electron chi connectivity index (χ2n) is 5.65. The molecule has 1 heterocycles. The number of esters is 1. The summed E-state index contributed by atoms with van der Waals surface area (Å²) in [5, 5.41) is 0. The van der Waals surface area contributed by atoms with Gasteiger partial charge in [0.15, 0.2) is 0 Å². The van der Waals surface area contributed by atoms with Crippen LogP contribution in [0.4, 0.5) is 0 Å². The molecule has 0 aliphatic carbocycles. The van der Waals surface area contributed by atoms with E-state index in [4.69, 9.17) is 4.74 Å². The first-order valence-electron chi connectivity index (χ1n) is 7.88. The van der Waals surface area contributed by atoms with Crippen molar-refractivity contribution in [2.75, 3.05) is 19.7 Å². The molecule has 1 aromatic carbocycles. The van der Waals surface area contributed by atoms with Gasteiger partial charge < -0.3 is 9.64 Å². The van der Waals surface area contributed by atoms with Gasteiger partial charge in [0, 0.05) is 26.1 Å². The van der Waals surface area contributed by atoms with Crippen LogP contribution in [-0.4, -0.2) is 50.9 Å². The number of rotatable bonds is 5. The lowest BCUT2D eigenvalue weighted by atomic mass is 10.1. The Kier molecular flexibility index (Phi) is 5.95. The highest BCUT2D eigenvalue weighted by molar-refractivity contribution is 7.89. The molecule has 0 atom stereocenters. The second kappa shape index (κ2) is 7.76. The van der Waals surface area contributed by atoms with Crippen molar-refractivity contribution in [3.63, 3.8) is 0 Å². The van der Waals surface area contributed by atoms with E-state index in [9.17, 15) is 18.0 Å². The summed E-state index contributed by atoms with van der Waals surface area (Å²) < 4.78 is 32.4. The summed E-state index contributed by atoms with van der Waals surface area (Å²) in [5.74, 6) is -0.475. The van der Waals surface area contributed by atoms with Crippen molar-refractivity contribution in [1.82, 2.24) is 9.62 Å². The van der Waals surface area contributed by atoms with Crippen LogP contribution >= 0.6 is 0 Å². The Morgan fingerprint density at radius 3 is 2.29 bits per heavy atom. The van der Waals surface area contributed by atoms with Crippen LogP contribution in [0.3, 0.4) is 0 Å². The van der Waals surface area contributed by atoms with E-state index in [0.29, 0.717) is 31.5 Å². The van der Waals surface area contributed by atoms with Gasteiger partial charge >= 0.3 is 5.97 Å². The van der Waals surface area contributed by atoms with E-state index in [1.807, 2.05) is 0 Å². The molecule has 7 nitrogen and oxygen atoms in total. The van der Waals surface area contributed by atoms with Gasteiger partial charge in [-0.1, -0.05) is 0 Å². The van der Waals surface area contributed by atoms with Gasteiger partial charge in [0.2, 0.25) is 15.9 Å². The largest absolute Gasteiger partial charge is 0.462 e. The first-order chi connectivity index (χ1) is 11.3. The molecule has 0 aromatic heterocycles. The number of piperidine rings is 1. The molecule has 0 bridgehead atoms. The van der Waals surface area contributed by atoms with E-state index >= 15 is 0 Å². The lowest BCUT2D eigenvalue weighted by molar-refractivity contribution is -0.129. The van der Waals surface area contributed by atoms with Crippen LogP contribution in [0, 0.1) is 0 Å². The van der Waals surface area contributed by atoms with Crippen molar-refractivity contribution in [3.05, 3.63) is 29.8 Å². The molecule has 2 rings (SSSR count). The molecule has 1 aromatic rings. The molecule has 24 heavy (non-hydrogen) atoms. The number of nitrogens with zero attached hydrogens (tertiary/aromatic N) is 1. The molecule has 0 unspecified atom stereocenters. The molecule has 0 spiro atoms. The Morgan fingerprint density at radius 2 is 1.79 bits per heavy atom. The van der Waals surface area contributed by atoms with Crippen LogP contribution in [0.15, 0.2) is 29.2 Å². The Balaban J connectivity index is 2.00. The number of ether oxygens (including phenoxy) is 1. The quantitative estimate of drug-likeness (QED) is 0.801. The van der Waals surface area contributed by atoms with E-state index in [2.05, 4.69) is 4.72 Å². The monoisotopic (exact) mass is 354 g/mol. The number of hydrogen-bond donors (Lipinski definition) is 1. The summed E-state index contributed by atoms with van der Waals surface area (Å²) in [4.78, 5) is 24.7. The third-order valence-electron chi connectivity index (χ3n) is 3.94. The van der Waals surface area contributed by atoms with Gasteiger partial charge in [0.05, 0.1) is 17.1 Å². The van der Waals surface area contributed by atoms with Gasteiger partial charge in [0.1, 0.15) is 0 Å². The van der Waals surface area contributed by atoms with Gasteiger partial charge in [-0.05, 0) is 44.0 Å². The standard InChI is InChI=1S/C16H22N2O5S/c1-3-23-16(20)13-4-6-15(7-5-13)24(21,22)17-14-8-10-18(11-9-14)12(2)19/h4-7,14,17H,3,8-11H2,1-2H3. The SMILES string of the molecule is CCOC(=O)c1ccc(S(=O)(=O)NC2CCN(C(C)=O)CC2)cc1. The van der Waals surface area contributed by atoms with Crippen LogP contribution < -0.4 is 4.72 Å². The summed E-state index contributed by atoms with van der Waals surface area (Å²) in [6.45, 7) is 4.57. The van der Waals surface area contributed by atoms with Gasteiger partial charge in [0.25, 0.3) is 0 Å². The molecular formula is C16H22N2O5S. The van der Waals surface area contributed by atoms with Crippen LogP contribution in [-0.2, 0) is 19.6 Å². The van der Waals surface area contributed by atoms with Crippen LogP contribution in [0.2, 0.25) is 0 Å². The second-order valence-corrected chi connectivity index (χ2v) is 7.36. The molecular weight excluding hydrogens is 332 g/mol. The zero-order chi connectivity index (χ0) is 17.7. The maximum Gasteiger partial charge on any atom is 0.338 e. The molecule has 0 radical (unpaired) electrons. The first kappa shape index (κ1) is 18.4. The van der Waals surface area contributed by atoms with Crippen LogP contribution in [0.25, 0.3) is 0 Å². The lowest BCUT2D eigenvalue weighted by Gasteiger charge is -2.31. The fourth-order valence-corrected chi connectivity index (χ4v) is 3.89. The van der Waals surface area contributed by atoms with Crippen molar-refractivity contribution in [2.24, 2.45) is 0 Å². The van der Waals surface area contributed by atoms with Crippen molar-refractivity contribution in [3.8, 4) is 0 Å². The minimum absolute atomic E-state index is 0.00543. The Hall–Kier alpha value is -1.93. The minimum atomic E-state index is -3.66. The van der Waals surface area contributed by atoms with Gasteiger partial charge in [-0.15, -0.1) is 0 Å². The third kappa shape index (κ3) is 4.55. The normalized spacial score (nSPS) is 16.0. The first-order valence-corrected chi connectivity index (χ1v) is 9.37. The van der Waals surface area contributed by atoms with Gasteiger partial charge in [-0.25, -0.2) is 17.9 Å². The van der Waals surface area contributed by atoms with E-state index < -0.39 is 16.0 Å². The predicted octanol–water partition coefficient (Wildman–Crippen LogP) is 1.15. The number of sulfonamides is 1. The average molecular weight is 354 g/mol. The number of carbonyl (C=O) groups is 2. The number of carbonyl (C=O) groups excluding carboxylic acids is 2. The lowest BCUT2D eigenvalue weighted by Crippen LogP contribution is -2.45. The predicted molar refractivity (Wildman–Crippen MR) is 88.0 cm³/mol. The molecule has 1 amide bonds. The number of likely N-dealkylation sites (tertiary alicyclic amines) is 1. The van der Waals surface area contributed by atoms with Crippen molar-refractivity contribution >= 4 is 21.9 Å². The highest BCUT2D eigenvalue weighted by atomic mass is 32.2. The van der Waals surface area contributed by atoms with E-state index in [1.165, 1.54) is 31.2 Å². The Bertz CT molecular complexity index is 692. The number of nitrogens with one attached hydrogen (secondary N) is 1. The summed E-state index contributed by atoms with van der Waals surface area (Å²) >= 11 is 0. The average Bonchev–Trinajstić information content (AvgIpc) is 2.55. The van der Waals surface area contributed by atoms with Crippen LogP contribution in [0.1, 0.15) is 37.0 Å². The summed E-state index contributed by atoms with van der Waals surface area (Å²) in [7, 11) is -3.66. The number of amides is 1. The maximum atomic E-state index is 12.4. The zero-order valence-corrected chi connectivity index (χ0v) is 14.6. The highest BCUT2D eigenvalue weighted by Gasteiger charge is 2.25. The molecule has 0 saturated carbocycles. The summed E-state index contributed by atoms with van der Waals surface area (Å²) in [5.41, 5.74) is 0.311. The summed E-state index contributed by atoms with van der Waals surface area (Å²) in [6, 6.07) is 5.45. The van der Waals surface area contributed by atoms with E-state index in [-0.39, 0.29) is 23.5 Å². The molecule has 132 valence electrons. The smallest absolute Gasteiger partial charge is 0.338 e. The van der Waals surface area contributed by atoms with Crippen molar-refractivity contribution in [2.45, 2.75) is 37.6 Å². The maximum absolute atomic E-state index is 12.4. The fourth-order valence-electron chi connectivity index (χ4n) is 2.58. The molecule has 1 saturated heterocycles. The number of benzene rings is 1. The molecule has 1 aliphatic heterocycles. The van der Waals surface area contributed by atoms with Gasteiger partial charge in [-0.3, -0.25) is 4.79 Å². The Morgan fingerprint density at radius 1 is 1.21 bits per heavy atom. The summed E-state index contributed by atoms with van der Waals surface area (Å²) in [6.07, 6.45) is 1.17. The Labute approximate surface area is 142 Å². The third-order valence-corrected chi connectivity index (χ3v) is 5.47. The van der Waals surface area contributed by atoms with Crippen LogP contribution in [0.5, 0.6) is 0 Å².